The summed E-state index contributed by atoms with van der Waals surface area (Å²) in [5, 5.41) is 21.9. The minimum atomic E-state index is -0.251. The Morgan fingerprint density at radius 1 is 1.08 bits per heavy atom. The zero-order valence-corrected chi connectivity index (χ0v) is 14.4. The molecule has 0 saturated heterocycles. The summed E-state index contributed by atoms with van der Waals surface area (Å²) >= 11 is 0. The van der Waals surface area contributed by atoms with Gasteiger partial charge in [0.15, 0.2) is 11.5 Å². The van der Waals surface area contributed by atoms with E-state index >= 15 is 0 Å². The van der Waals surface area contributed by atoms with Gasteiger partial charge in [0.2, 0.25) is 5.91 Å². The third-order valence-electron chi connectivity index (χ3n) is 4.39. The molecule has 4 heteroatoms. The maximum Gasteiger partial charge on any atom is 0.227 e. The van der Waals surface area contributed by atoms with Gasteiger partial charge >= 0.3 is 0 Å². The molecule has 24 heavy (non-hydrogen) atoms. The summed E-state index contributed by atoms with van der Waals surface area (Å²) in [6.45, 7) is 6.13. The molecule has 0 fully saturated rings. The van der Waals surface area contributed by atoms with Gasteiger partial charge < -0.3 is 15.5 Å². The zero-order chi connectivity index (χ0) is 17.7. The third kappa shape index (κ3) is 4.28. The third-order valence-corrected chi connectivity index (χ3v) is 4.39. The summed E-state index contributed by atoms with van der Waals surface area (Å²) in [7, 11) is 0. The second-order valence-electron chi connectivity index (χ2n) is 6.31. The highest BCUT2D eigenvalue weighted by molar-refractivity contribution is 5.93. The number of rotatable bonds is 6. The van der Waals surface area contributed by atoms with E-state index in [0.29, 0.717) is 12.3 Å². The molecule has 3 N–H and O–H groups in total. The smallest absolute Gasteiger partial charge is 0.227 e. The van der Waals surface area contributed by atoms with Crippen molar-refractivity contribution in [2.75, 3.05) is 5.32 Å². The number of benzene rings is 2. The Bertz CT molecular complexity index is 712. The maximum atomic E-state index is 12.5. The number of carbonyl (C=O) groups excluding carboxylic acids is 1. The fourth-order valence-corrected chi connectivity index (χ4v) is 2.66. The topological polar surface area (TPSA) is 69.6 Å². The van der Waals surface area contributed by atoms with Crippen molar-refractivity contribution in [3.8, 4) is 11.5 Å². The summed E-state index contributed by atoms with van der Waals surface area (Å²) < 4.78 is 0. The molecule has 2 rings (SSSR count). The lowest BCUT2D eigenvalue weighted by atomic mass is 9.96. The van der Waals surface area contributed by atoms with Gasteiger partial charge in [0, 0.05) is 11.6 Å². The Labute approximate surface area is 143 Å². The average molecular weight is 327 g/mol. The largest absolute Gasteiger partial charge is 0.504 e. The van der Waals surface area contributed by atoms with E-state index in [0.717, 1.165) is 23.2 Å². The summed E-state index contributed by atoms with van der Waals surface area (Å²) in [4.78, 5) is 12.5. The van der Waals surface area contributed by atoms with Crippen LogP contribution in [0.1, 0.15) is 44.2 Å². The SMILES string of the molecule is CCC(C)c1ccccc1NC(=O)C(C)Cc1ccc(O)c(O)c1. The Balaban J connectivity index is 2.08. The van der Waals surface area contributed by atoms with Crippen LogP contribution in [0.25, 0.3) is 0 Å². The summed E-state index contributed by atoms with van der Waals surface area (Å²) in [6, 6.07) is 12.5. The van der Waals surface area contributed by atoms with Crippen molar-refractivity contribution in [1.82, 2.24) is 0 Å². The molecule has 0 aromatic heterocycles. The quantitative estimate of drug-likeness (QED) is 0.688. The first-order valence-corrected chi connectivity index (χ1v) is 8.33. The molecule has 0 aliphatic rings. The number of carbonyl (C=O) groups is 1. The van der Waals surface area contributed by atoms with E-state index in [9.17, 15) is 15.0 Å². The Morgan fingerprint density at radius 3 is 2.46 bits per heavy atom. The molecule has 128 valence electrons. The van der Waals surface area contributed by atoms with Gasteiger partial charge in [0.25, 0.3) is 0 Å². The Morgan fingerprint density at radius 2 is 1.79 bits per heavy atom. The van der Waals surface area contributed by atoms with Crippen LogP contribution in [0, 0.1) is 5.92 Å². The van der Waals surface area contributed by atoms with Crippen LogP contribution >= 0.6 is 0 Å². The minimum absolute atomic E-state index is 0.0571. The van der Waals surface area contributed by atoms with E-state index in [2.05, 4.69) is 19.2 Å². The number of hydrogen-bond acceptors (Lipinski definition) is 3. The van der Waals surface area contributed by atoms with Gasteiger partial charge in [-0.3, -0.25) is 4.79 Å². The molecule has 0 spiro atoms. The molecule has 0 saturated carbocycles. The van der Waals surface area contributed by atoms with Gasteiger partial charge in [-0.2, -0.15) is 0 Å². The average Bonchev–Trinajstić information content (AvgIpc) is 2.58. The first-order chi connectivity index (χ1) is 11.4. The van der Waals surface area contributed by atoms with E-state index in [-0.39, 0.29) is 23.3 Å². The van der Waals surface area contributed by atoms with Gasteiger partial charge in [-0.1, -0.05) is 45.0 Å². The number of nitrogens with one attached hydrogen (secondary N) is 1. The zero-order valence-electron chi connectivity index (χ0n) is 14.4. The van der Waals surface area contributed by atoms with Crippen LogP contribution in [0.4, 0.5) is 5.69 Å². The summed E-state index contributed by atoms with van der Waals surface area (Å²) in [5.41, 5.74) is 2.81. The van der Waals surface area contributed by atoms with Crippen LogP contribution in [0.2, 0.25) is 0 Å². The normalized spacial score (nSPS) is 13.3. The number of para-hydroxylation sites is 1. The van der Waals surface area contributed by atoms with Crippen LogP contribution < -0.4 is 5.32 Å². The molecule has 4 nitrogen and oxygen atoms in total. The molecular formula is C20H25NO3. The molecular weight excluding hydrogens is 302 g/mol. The Hall–Kier alpha value is -2.49. The molecule has 0 radical (unpaired) electrons. The van der Waals surface area contributed by atoms with Crippen molar-refractivity contribution in [3.63, 3.8) is 0 Å². The van der Waals surface area contributed by atoms with Crippen LogP contribution in [0.3, 0.4) is 0 Å². The fourth-order valence-electron chi connectivity index (χ4n) is 2.66. The highest BCUT2D eigenvalue weighted by atomic mass is 16.3. The van der Waals surface area contributed by atoms with Crippen LogP contribution in [-0.2, 0) is 11.2 Å². The summed E-state index contributed by atoms with van der Waals surface area (Å²) in [5.74, 6) is -0.247. The van der Waals surface area contributed by atoms with Gasteiger partial charge in [-0.15, -0.1) is 0 Å². The number of phenolic OH excluding ortho intramolecular Hbond substituents is 2. The van der Waals surface area contributed by atoms with Crippen molar-refractivity contribution in [2.24, 2.45) is 5.92 Å². The first kappa shape index (κ1) is 17.9. The number of anilines is 1. The lowest BCUT2D eigenvalue weighted by molar-refractivity contribution is -0.119. The molecule has 2 aromatic carbocycles. The second-order valence-corrected chi connectivity index (χ2v) is 6.31. The standard InChI is InChI=1S/C20H25NO3/c1-4-13(2)16-7-5-6-8-17(16)21-20(24)14(3)11-15-9-10-18(22)19(23)12-15/h5-10,12-14,22-23H,4,11H2,1-3H3,(H,21,24). The van der Waals surface area contributed by atoms with Gasteiger partial charge in [0.05, 0.1) is 0 Å². The summed E-state index contributed by atoms with van der Waals surface area (Å²) in [6.07, 6.45) is 1.50. The van der Waals surface area contributed by atoms with Gasteiger partial charge in [0.1, 0.15) is 0 Å². The predicted octanol–water partition coefficient (Wildman–Crippen LogP) is 4.43. The van der Waals surface area contributed by atoms with Gasteiger partial charge in [-0.25, -0.2) is 0 Å². The van der Waals surface area contributed by atoms with E-state index in [1.165, 1.54) is 12.1 Å². The minimum Gasteiger partial charge on any atom is -0.504 e. The molecule has 0 aliphatic carbocycles. The molecule has 2 atom stereocenters. The van der Waals surface area contributed by atoms with Gasteiger partial charge in [-0.05, 0) is 48.1 Å². The highest BCUT2D eigenvalue weighted by Crippen LogP contribution is 2.28. The molecule has 2 aromatic rings. The van der Waals surface area contributed by atoms with E-state index in [1.807, 2.05) is 31.2 Å². The van der Waals surface area contributed by atoms with Crippen molar-refractivity contribution in [3.05, 3.63) is 53.6 Å². The van der Waals surface area contributed by atoms with Crippen LogP contribution in [0.15, 0.2) is 42.5 Å². The maximum absolute atomic E-state index is 12.5. The Kier molecular flexibility index (Phi) is 5.85. The van der Waals surface area contributed by atoms with Crippen LogP contribution in [-0.4, -0.2) is 16.1 Å². The molecule has 0 bridgehead atoms. The molecule has 0 heterocycles. The molecule has 2 unspecified atom stereocenters. The molecule has 0 aliphatic heterocycles. The van der Waals surface area contributed by atoms with Crippen molar-refractivity contribution < 1.29 is 15.0 Å². The molecule has 1 amide bonds. The number of amides is 1. The first-order valence-electron chi connectivity index (χ1n) is 8.33. The van der Waals surface area contributed by atoms with Crippen LogP contribution in [0.5, 0.6) is 11.5 Å². The predicted molar refractivity (Wildman–Crippen MR) is 96.4 cm³/mol. The number of phenols is 2. The van der Waals surface area contributed by atoms with E-state index < -0.39 is 0 Å². The van der Waals surface area contributed by atoms with E-state index in [4.69, 9.17) is 0 Å². The van der Waals surface area contributed by atoms with Crippen molar-refractivity contribution in [2.45, 2.75) is 39.5 Å². The van der Waals surface area contributed by atoms with Crippen molar-refractivity contribution >= 4 is 11.6 Å². The van der Waals surface area contributed by atoms with E-state index in [1.54, 1.807) is 6.07 Å². The highest BCUT2D eigenvalue weighted by Gasteiger charge is 2.17. The lowest BCUT2D eigenvalue weighted by Gasteiger charge is -2.18. The monoisotopic (exact) mass is 327 g/mol. The van der Waals surface area contributed by atoms with Crippen molar-refractivity contribution in [1.29, 1.82) is 0 Å². The fraction of sp³-hybridized carbons (Fsp3) is 0.350. The number of hydrogen-bond donors (Lipinski definition) is 3. The number of aromatic hydroxyl groups is 2. The lowest BCUT2D eigenvalue weighted by Crippen LogP contribution is -2.23. The second kappa shape index (κ2) is 7.86.